The van der Waals surface area contributed by atoms with Crippen molar-refractivity contribution >= 4 is 44.9 Å². The summed E-state index contributed by atoms with van der Waals surface area (Å²) in [6, 6.07) is 10.2. The maximum Gasteiger partial charge on any atom is 0.307 e. The maximum atomic E-state index is 11.5. The van der Waals surface area contributed by atoms with Gasteiger partial charge in [-0.05, 0) is 29.8 Å². The largest absolute Gasteiger partial charge is 0.481 e. The van der Waals surface area contributed by atoms with E-state index in [0.717, 1.165) is 10.2 Å². The first-order chi connectivity index (χ1) is 13.0. The molecule has 136 valence electrons. The number of nitrogens with zero attached hydrogens (tertiary/aromatic N) is 2. The van der Waals surface area contributed by atoms with Gasteiger partial charge in [-0.25, -0.2) is 4.98 Å². The summed E-state index contributed by atoms with van der Waals surface area (Å²) in [6.45, 7) is -0.0144. The highest BCUT2D eigenvalue weighted by Crippen LogP contribution is 2.40. The lowest BCUT2D eigenvalue weighted by molar-refractivity contribution is -0.385. The van der Waals surface area contributed by atoms with Crippen molar-refractivity contribution in [2.45, 2.75) is 6.42 Å². The van der Waals surface area contributed by atoms with Crippen LogP contribution in [0.3, 0.4) is 0 Å². The summed E-state index contributed by atoms with van der Waals surface area (Å²) >= 11 is 1.34. The molecule has 0 saturated carbocycles. The van der Waals surface area contributed by atoms with Gasteiger partial charge in [-0.15, -0.1) is 11.3 Å². The number of hydrogen-bond acceptors (Lipinski definition) is 7. The van der Waals surface area contributed by atoms with Crippen molar-refractivity contribution in [2.24, 2.45) is 0 Å². The van der Waals surface area contributed by atoms with Gasteiger partial charge >= 0.3 is 5.97 Å². The highest BCUT2D eigenvalue weighted by molar-refractivity contribution is 7.19. The second kappa shape index (κ2) is 6.69. The summed E-state index contributed by atoms with van der Waals surface area (Å²) in [7, 11) is 0. The number of thiazole rings is 1. The zero-order valence-electron chi connectivity index (χ0n) is 13.7. The van der Waals surface area contributed by atoms with Gasteiger partial charge < -0.3 is 14.6 Å². The van der Waals surface area contributed by atoms with E-state index in [0.29, 0.717) is 22.1 Å². The number of ether oxygens (including phenoxy) is 2. The molecule has 0 unspecified atom stereocenters. The van der Waals surface area contributed by atoms with Crippen molar-refractivity contribution in [3.05, 3.63) is 57.1 Å². The number of hydrogen-bond donors (Lipinski definition) is 1. The third-order valence-corrected chi connectivity index (χ3v) is 5.07. The molecular formula is C18H12N2O6S. The molecule has 0 fully saturated rings. The second-order valence-electron chi connectivity index (χ2n) is 5.75. The van der Waals surface area contributed by atoms with E-state index in [9.17, 15) is 20.0 Å². The number of fused-ring (bicyclic) bond motifs is 2. The standard InChI is InChI=1S/C18H12N2O6S/c21-17(22)7-11(18-19-12-3-1-2-4-16(12)27-18)5-10-6-14-15(26-9-25-14)8-13(10)20(23)24/h1-6,8H,7,9H2,(H,21,22). The number of aliphatic carboxylic acids is 1. The highest BCUT2D eigenvalue weighted by Gasteiger charge is 2.23. The summed E-state index contributed by atoms with van der Waals surface area (Å²) in [6.07, 6.45) is 1.16. The predicted molar refractivity (Wildman–Crippen MR) is 99.0 cm³/mol. The van der Waals surface area contributed by atoms with Crippen LogP contribution in [0.4, 0.5) is 5.69 Å². The lowest BCUT2D eigenvalue weighted by Crippen LogP contribution is -1.98. The Hall–Kier alpha value is -3.46. The number of nitro groups is 1. The van der Waals surface area contributed by atoms with E-state index >= 15 is 0 Å². The molecule has 8 nitrogen and oxygen atoms in total. The second-order valence-corrected chi connectivity index (χ2v) is 6.78. The van der Waals surface area contributed by atoms with Crippen LogP contribution in [0.2, 0.25) is 0 Å². The molecular weight excluding hydrogens is 372 g/mol. The first-order valence-corrected chi connectivity index (χ1v) is 8.69. The topological polar surface area (TPSA) is 112 Å². The van der Waals surface area contributed by atoms with Crippen molar-refractivity contribution in [1.82, 2.24) is 4.98 Å². The van der Waals surface area contributed by atoms with Crippen molar-refractivity contribution in [3.8, 4) is 11.5 Å². The maximum absolute atomic E-state index is 11.5. The van der Waals surface area contributed by atoms with Gasteiger partial charge in [-0.2, -0.15) is 0 Å². The number of nitro benzene ring substituents is 1. The van der Waals surface area contributed by atoms with Crippen LogP contribution in [-0.2, 0) is 4.79 Å². The Kier molecular flexibility index (Phi) is 4.21. The number of rotatable bonds is 5. The molecule has 0 saturated heterocycles. The van der Waals surface area contributed by atoms with Crippen LogP contribution >= 0.6 is 11.3 Å². The van der Waals surface area contributed by atoms with E-state index in [-0.39, 0.29) is 24.5 Å². The summed E-state index contributed by atoms with van der Waals surface area (Å²) in [5.41, 5.74) is 1.17. The summed E-state index contributed by atoms with van der Waals surface area (Å²) in [5.74, 6) is -0.381. The Morgan fingerprint density at radius 2 is 2.04 bits per heavy atom. The summed E-state index contributed by atoms with van der Waals surface area (Å²) in [5, 5.41) is 21.2. The first-order valence-electron chi connectivity index (χ1n) is 7.87. The molecule has 0 aliphatic carbocycles. The zero-order chi connectivity index (χ0) is 19.0. The minimum atomic E-state index is -1.05. The number of para-hydroxylation sites is 1. The monoisotopic (exact) mass is 384 g/mol. The predicted octanol–water partition coefficient (Wildman–Crippen LogP) is 3.95. The van der Waals surface area contributed by atoms with Crippen LogP contribution < -0.4 is 9.47 Å². The molecule has 3 aromatic rings. The zero-order valence-corrected chi connectivity index (χ0v) is 14.6. The van der Waals surface area contributed by atoms with Crippen molar-refractivity contribution < 1.29 is 24.3 Å². The fraction of sp³-hybridized carbons (Fsp3) is 0.111. The van der Waals surface area contributed by atoms with E-state index < -0.39 is 10.9 Å². The summed E-state index contributed by atoms with van der Waals surface area (Å²) < 4.78 is 11.4. The molecule has 27 heavy (non-hydrogen) atoms. The molecule has 0 atom stereocenters. The fourth-order valence-electron chi connectivity index (χ4n) is 2.77. The van der Waals surface area contributed by atoms with Crippen molar-refractivity contribution in [2.75, 3.05) is 6.79 Å². The lowest BCUT2D eigenvalue weighted by atomic mass is 10.1. The smallest absolute Gasteiger partial charge is 0.307 e. The molecule has 0 bridgehead atoms. The van der Waals surface area contributed by atoms with Crippen LogP contribution in [-0.4, -0.2) is 27.8 Å². The molecule has 1 aliphatic rings. The average molecular weight is 384 g/mol. The van der Waals surface area contributed by atoms with Crippen LogP contribution in [0, 0.1) is 10.1 Å². The van der Waals surface area contributed by atoms with Gasteiger partial charge in [-0.1, -0.05) is 12.1 Å². The van der Waals surface area contributed by atoms with Gasteiger partial charge in [0, 0.05) is 0 Å². The van der Waals surface area contributed by atoms with Gasteiger partial charge in [0.25, 0.3) is 5.69 Å². The third-order valence-electron chi connectivity index (χ3n) is 3.96. The molecule has 4 rings (SSSR count). The average Bonchev–Trinajstić information content (AvgIpc) is 3.25. The Morgan fingerprint density at radius 1 is 1.30 bits per heavy atom. The number of carboxylic acid groups (broad SMARTS) is 1. The first kappa shape index (κ1) is 17.0. The van der Waals surface area contributed by atoms with E-state index in [2.05, 4.69) is 4.98 Å². The lowest BCUT2D eigenvalue weighted by Gasteiger charge is -2.04. The Balaban J connectivity index is 1.86. The number of carbonyl (C=O) groups is 1. The normalized spacial score (nSPS) is 13.1. The Labute approximate surface area is 156 Å². The Morgan fingerprint density at radius 3 is 2.74 bits per heavy atom. The number of carboxylic acids is 1. The van der Waals surface area contributed by atoms with Gasteiger partial charge in [0.15, 0.2) is 11.5 Å². The molecule has 0 spiro atoms. The number of benzene rings is 2. The molecule has 2 aromatic carbocycles. The molecule has 1 aromatic heterocycles. The van der Waals surface area contributed by atoms with Crippen LogP contribution in [0.15, 0.2) is 36.4 Å². The SMILES string of the molecule is O=C(O)CC(=Cc1cc2c(cc1[N+](=O)[O-])OCO2)c1nc2ccccc2s1. The molecule has 9 heteroatoms. The quantitative estimate of drug-likeness (QED) is 0.523. The molecule has 1 aliphatic heterocycles. The van der Waals surface area contributed by atoms with Crippen LogP contribution in [0.1, 0.15) is 17.0 Å². The van der Waals surface area contributed by atoms with Crippen molar-refractivity contribution in [3.63, 3.8) is 0 Å². The van der Waals surface area contributed by atoms with Crippen molar-refractivity contribution in [1.29, 1.82) is 0 Å². The molecule has 2 heterocycles. The van der Waals surface area contributed by atoms with E-state index in [1.54, 1.807) is 0 Å². The fourth-order valence-corrected chi connectivity index (χ4v) is 3.75. The third kappa shape index (κ3) is 3.32. The molecule has 1 N–H and O–H groups in total. The van der Waals surface area contributed by atoms with E-state index in [1.165, 1.54) is 29.5 Å². The van der Waals surface area contributed by atoms with E-state index in [4.69, 9.17) is 9.47 Å². The number of aromatic nitrogens is 1. The molecule has 0 amide bonds. The summed E-state index contributed by atoms with van der Waals surface area (Å²) in [4.78, 5) is 26.7. The minimum Gasteiger partial charge on any atom is -0.481 e. The van der Waals surface area contributed by atoms with Gasteiger partial charge in [0.1, 0.15) is 5.01 Å². The van der Waals surface area contributed by atoms with Crippen LogP contribution in [0.25, 0.3) is 21.9 Å². The Bertz CT molecular complexity index is 1070. The highest BCUT2D eigenvalue weighted by atomic mass is 32.1. The van der Waals surface area contributed by atoms with E-state index in [1.807, 2.05) is 24.3 Å². The van der Waals surface area contributed by atoms with Crippen LogP contribution in [0.5, 0.6) is 11.5 Å². The minimum absolute atomic E-state index is 0.0144. The van der Waals surface area contributed by atoms with Gasteiger partial charge in [0.05, 0.1) is 33.2 Å². The molecule has 0 radical (unpaired) electrons. The van der Waals surface area contributed by atoms with Gasteiger partial charge in [0.2, 0.25) is 6.79 Å². The van der Waals surface area contributed by atoms with Gasteiger partial charge in [-0.3, -0.25) is 14.9 Å².